The van der Waals surface area contributed by atoms with Crippen LogP contribution in [0.2, 0.25) is 0 Å². The molecule has 118 valence electrons. The number of methoxy groups -OCH3 is 1. The molecule has 1 heterocycles. The Labute approximate surface area is 129 Å². The summed E-state index contributed by atoms with van der Waals surface area (Å²) in [6.07, 6.45) is 3.57. The number of nitrogens with two attached hydrogens (primary N) is 1. The van der Waals surface area contributed by atoms with E-state index in [0.29, 0.717) is 6.04 Å². The fraction of sp³-hybridized carbons (Fsp3) is 0.667. The van der Waals surface area contributed by atoms with Crippen LogP contribution in [0, 0.1) is 20.8 Å². The van der Waals surface area contributed by atoms with Crippen LogP contribution in [0.4, 0.5) is 0 Å². The Morgan fingerprint density at radius 1 is 1.14 bits per heavy atom. The molecular weight excluding hydrogens is 260 g/mol. The highest BCUT2D eigenvalue weighted by molar-refractivity contribution is 5.39. The van der Waals surface area contributed by atoms with Crippen molar-refractivity contribution in [1.82, 2.24) is 4.90 Å². The van der Waals surface area contributed by atoms with Gasteiger partial charge in [-0.15, -0.1) is 0 Å². The average Bonchev–Trinajstić information content (AvgIpc) is 2.62. The molecule has 1 aliphatic heterocycles. The van der Waals surface area contributed by atoms with Crippen LogP contribution in [0.25, 0.3) is 0 Å². The van der Waals surface area contributed by atoms with Gasteiger partial charge in [0.05, 0.1) is 12.6 Å². The third kappa shape index (κ3) is 3.85. The Balaban J connectivity index is 2.36. The Bertz CT molecular complexity index is 473. The maximum atomic E-state index is 6.55. The first-order valence-corrected chi connectivity index (χ1v) is 8.11. The van der Waals surface area contributed by atoms with Gasteiger partial charge in [0, 0.05) is 19.7 Å². The number of aryl methyl sites for hydroxylation is 3. The first kappa shape index (κ1) is 16.5. The molecule has 2 rings (SSSR count). The molecule has 3 nitrogen and oxygen atoms in total. The molecule has 1 fully saturated rings. The Kier molecular flexibility index (Phi) is 5.80. The molecule has 0 amide bonds. The normalized spacial score (nSPS) is 24.0. The molecule has 0 saturated carbocycles. The van der Waals surface area contributed by atoms with Crippen molar-refractivity contribution in [3.05, 3.63) is 34.4 Å². The number of benzene rings is 1. The molecular formula is C18H30N2O. The number of ether oxygens (including phenoxy) is 1. The van der Waals surface area contributed by atoms with E-state index in [1.165, 1.54) is 35.1 Å². The van der Waals surface area contributed by atoms with E-state index in [0.717, 1.165) is 26.1 Å². The SMILES string of the molecule is COCCN1CCCCC(N)C1c1cc(C)c(C)cc1C. The van der Waals surface area contributed by atoms with Crippen molar-refractivity contribution in [2.24, 2.45) is 5.73 Å². The third-order valence-electron chi connectivity index (χ3n) is 4.82. The smallest absolute Gasteiger partial charge is 0.0589 e. The summed E-state index contributed by atoms with van der Waals surface area (Å²) in [7, 11) is 1.77. The van der Waals surface area contributed by atoms with Crippen molar-refractivity contribution < 1.29 is 4.74 Å². The standard InChI is InChI=1S/C18H30N2O/c1-13-11-15(3)16(12-14(13)2)18-17(19)7-5-6-8-20(18)9-10-21-4/h11-12,17-18H,5-10,19H2,1-4H3. The summed E-state index contributed by atoms with van der Waals surface area (Å²) in [5.74, 6) is 0. The van der Waals surface area contributed by atoms with Gasteiger partial charge in [0.1, 0.15) is 0 Å². The van der Waals surface area contributed by atoms with Crippen LogP contribution in [0.3, 0.4) is 0 Å². The van der Waals surface area contributed by atoms with Crippen LogP contribution < -0.4 is 5.73 Å². The first-order valence-electron chi connectivity index (χ1n) is 8.11. The summed E-state index contributed by atoms with van der Waals surface area (Å²) in [4.78, 5) is 2.53. The molecule has 2 atom stereocenters. The summed E-state index contributed by atoms with van der Waals surface area (Å²) >= 11 is 0. The minimum atomic E-state index is 0.213. The Morgan fingerprint density at radius 3 is 2.57 bits per heavy atom. The lowest BCUT2D eigenvalue weighted by molar-refractivity contribution is 0.114. The highest BCUT2D eigenvalue weighted by Gasteiger charge is 2.29. The quantitative estimate of drug-likeness (QED) is 0.926. The molecule has 1 aromatic carbocycles. The molecule has 2 unspecified atom stereocenters. The van der Waals surface area contributed by atoms with Crippen LogP contribution in [-0.2, 0) is 4.74 Å². The molecule has 0 bridgehead atoms. The van der Waals surface area contributed by atoms with Crippen molar-refractivity contribution in [2.75, 3.05) is 26.8 Å². The van der Waals surface area contributed by atoms with Crippen molar-refractivity contribution in [3.8, 4) is 0 Å². The number of likely N-dealkylation sites (tertiary alicyclic amines) is 1. The van der Waals surface area contributed by atoms with Crippen LogP contribution >= 0.6 is 0 Å². The lowest BCUT2D eigenvalue weighted by Crippen LogP contribution is -2.41. The second kappa shape index (κ2) is 7.39. The highest BCUT2D eigenvalue weighted by Crippen LogP contribution is 2.32. The van der Waals surface area contributed by atoms with Gasteiger partial charge in [-0.05, 0) is 62.4 Å². The number of hydrogen-bond donors (Lipinski definition) is 1. The second-order valence-electron chi connectivity index (χ2n) is 6.43. The summed E-state index contributed by atoms with van der Waals surface area (Å²) in [5, 5.41) is 0. The van der Waals surface area contributed by atoms with E-state index in [1.54, 1.807) is 7.11 Å². The summed E-state index contributed by atoms with van der Waals surface area (Å²) in [5.41, 5.74) is 12.0. The fourth-order valence-corrected chi connectivity index (χ4v) is 3.45. The largest absolute Gasteiger partial charge is 0.383 e. The Hall–Kier alpha value is -0.900. The molecule has 1 aromatic rings. The van der Waals surface area contributed by atoms with Crippen molar-refractivity contribution >= 4 is 0 Å². The van der Waals surface area contributed by atoms with Gasteiger partial charge in [-0.2, -0.15) is 0 Å². The predicted molar refractivity (Wildman–Crippen MR) is 88.7 cm³/mol. The van der Waals surface area contributed by atoms with Gasteiger partial charge >= 0.3 is 0 Å². The van der Waals surface area contributed by atoms with Gasteiger partial charge in [-0.25, -0.2) is 0 Å². The molecule has 3 heteroatoms. The topological polar surface area (TPSA) is 38.5 Å². The zero-order valence-electron chi connectivity index (χ0n) is 14.0. The summed E-state index contributed by atoms with van der Waals surface area (Å²) in [6, 6.07) is 5.18. The van der Waals surface area contributed by atoms with Crippen molar-refractivity contribution in [3.63, 3.8) is 0 Å². The van der Waals surface area contributed by atoms with E-state index in [-0.39, 0.29) is 6.04 Å². The maximum Gasteiger partial charge on any atom is 0.0589 e. The lowest BCUT2D eigenvalue weighted by Gasteiger charge is -2.35. The van der Waals surface area contributed by atoms with Gasteiger partial charge in [0.2, 0.25) is 0 Å². The number of hydrogen-bond acceptors (Lipinski definition) is 3. The molecule has 1 aliphatic rings. The van der Waals surface area contributed by atoms with Gasteiger partial charge < -0.3 is 10.5 Å². The Morgan fingerprint density at radius 2 is 1.86 bits per heavy atom. The maximum absolute atomic E-state index is 6.55. The predicted octanol–water partition coefficient (Wildman–Crippen LogP) is 3.11. The molecule has 0 aliphatic carbocycles. The fourth-order valence-electron chi connectivity index (χ4n) is 3.45. The molecule has 0 radical (unpaired) electrons. The minimum absolute atomic E-state index is 0.213. The number of rotatable bonds is 4. The van der Waals surface area contributed by atoms with Gasteiger partial charge in [-0.1, -0.05) is 18.6 Å². The van der Waals surface area contributed by atoms with Crippen LogP contribution in [0.15, 0.2) is 12.1 Å². The molecule has 0 aromatic heterocycles. The van der Waals surface area contributed by atoms with E-state index in [9.17, 15) is 0 Å². The molecule has 21 heavy (non-hydrogen) atoms. The zero-order chi connectivity index (χ0) is 15.4. The van der Waals surface area contributed by atoms with E-state index in [1.807, 2.05) is 0 Å². The van der Waals surface area contributed by atoms with Gasteiger partial charge in [0.15, 0.2) is 0 Å². The van der Waals surface area contributed by atoms with E-state index < -0.39 is 0 Å². The highest BCUT2D eigenvalue weighted by atomic mass is 16.5. The van der Waals surface area contributed by atoms with E-state index >= 15 is 0 Å². The zero-order valence-corrected chi connectivity index (χ0v) is 14.0. The van der Waals surface area contributed by atoms with Gasteiger partial charge in [0.25, 0.3) is 0 Å². The van der Waals surface area contributed by atoms with Gasteiger partial charge in [-0.3, -0.25) is 4.90 Å². The molecule has 1 saturated heterocycles. The van der Waals surface area contributed by atoms with Crippen molar-refractivity contribution in [2.45, 2.75) is 52.1 Å². The lowest BCUT2D eigenvalue weighted by atomic mass is 9.90. The van der Waals surface area contributed by atoms with Crippen molar-refractivity contribution in [1.29, 1.82) is 0 Å². The molecule has 2 N–H and O–H groups in total. The second-order valence-corrected chi connectivity index (χ2v) is 6.43. The first-order chi connectivity index (χ1) is 10.0. The molecule has 0 spiro atoms. The van der Waals surface area contributed by atoms with Crippen LogP contribution in [0.5, 0.6) is 0 Å². The minimum Gasteiger partial charge on any atom is -0.383 e. The average molecular weight is 290 g/mol. The van der Waals surface area contributed by atoms with E-state index in [2.05, 4.69) is 37.8 Å². The summed E-state index contributed by atoms with van der Waals surface area (Å²) < 4.78 is 5.30. The van der Waals surface area contributed by atoms with Crippen LogP contribution in [0.1, 0.15) is 47.6 Å². The summed E-state index contributed by atoms with van der Waals surface area (Å²) in [6.45, 7) is 9.44. The van der Waals surface area contributed by atoms with Crippen LogP contribution in [-0.4, -0.2) is 37.7 Å². The number of nitrogens with zero attached hydrogens (tertiary/aromatic N) is 1. The monoisotopic (exact) mass is 290 g/mol. The third-order valence-corrected chi connectivity index (χ3v) is 4.82. The van der Waals surface area contributed by atoms with E-state index in [4.69, 9.17) is 10.5 Å².